The van der Waals surface area contributed by atoms with Crippen LogP contribution in [0.2, 0.25) is 5.02 Å². The van der Waals surface area contributed by atoms with Gasteiger partial charge in [0.15, 0.2) is 0 Å². The molecule has 0 radical (unpaired) electrons. The summed E-state index contributed by atoms with van der Waals surface area (Å²) < 4.78 is 0. The van der Waals surface area contributed by atoms with E-state index in [1.54, 1.807) is 0 Å². The molecule has 4 aliphatic rings. The van der Waals surface area contributed by atoms with E-state index in [2.05, 4.69) is 18.3 Å². The van der Waals surface area contributed by atoms with Gasteiger partial charge in [-0.05, 0) is 61.8 Å². The second-order valence-electron chi connectivity index (χ2n) is 7.97. The molecule has 4 fully saturated rings. The van der Waals surface area contributed by atoms with E-state index in [4.69, 9.17) is 11.6 Å². The Balaban J connectivity index is 1.49. The Labute approximate surface area is 154 Å². The number of urea groups is 1. The monoisotopic (exact) mass is 357 g/mol. The lowest BCUT2D eigenvalue weighted by Gasteiger charge is -2.54. The largest absolute Gasteiger partial charge is 0.322 e. The molecule has 1 N–H and O–H groups in total. The van der Waals surface area contributed by atoms with Gasteiger partial charge in [-0.1, -0.05) is 24.9 Å². The number of hydrogen-bond acceptors (Lipinski definition) is 2. The van der Waals surface area contributed by atoms with Gasteiger partial charge in [0.1, 0.15) is 0 Å². The van der Waals surface area contributed by atoms with Crippen molar-refractivity contribution < 1.29 is 4.79 Å². The molecule has 5 rings (SSSR count). The lowest BCUT2D eigenvalue weighted by atomic mass is 9.74. The molecule has 1 aromatic rings. The second-order valence-corrected chi connectivity index (χ2v) is 8.37. The summed E-state index contributed by atoms with van der Waals surface area (Å²) in [6.45, 7) is 2.27. The molecular weight excluding hydrogens is 334 g/mol. The van der Waals surface area contributed by atoms with Crippen molar-refractivity contribution in [2.75, 3.05) is 5.32 Å². The quantitative estimate of drug-likeness (QED) is 0.795. The van der Waals surface area contributed by atoms with E-state index < -0.39 is 0 Å². The van der Waals surface area contributed by atoms with Gasteiger partial charge in [-0.15, -0.1) is 0 Å². The van der Waals surface area contributed by atoms with Gasteiger partial charge in [0, 0.05) is 28.7 Å². The topological polar surface area (TPSA) is 56.1 Å². The third-order valence-electron chi connectivity index (χ3n) is 6.24. The number of fused-ring (bicyclic) bond motifs is 2. The molecular formula is C20H24ClN3O. The van der Waals surface area contributed by atoms with Gasteiger partial charge in [-0.3, -0.25) is 0 Å². The van der Waals surface area contributed by atoms with Gasteiger partial charge < -0.3 is 10.2 Å². The summed E-state index contributed by atoms with van der Waals surface area (Å²) in [5, 5.41) is 13.1. The second kappa shape index (κ2) is 6.53. The third kappa shape index (κ3) is 3.00. The Morgan fingerprint density at radius 2 is 2.04 bits per heavy atom. The van der Waals surface area contributed by atoms with Crippen LogP contribution in [0, 0.1) is 23.2 Å². The molecule has 2 aliphatic heterocycles. The number of benzene rings is 1. The molecule has 132 valence electrons. The average molecular weight is 358 g/mol. The molecule has 25 heavy (non-hydrogen) atoms. The molecule has 2 unspecified atom stereocenters. The first kappa shape index (κ1) is 16.7. The van der Waals surface area contributed by atoms with Crippen LogP contribution in [0.4, 0.5) is 10.5 Å². The lowest BCUT2D eigenvalue weighted by molar-refractivity contribution is -0.00601. The molecule has 2 bridgehead atoms. The molecule has 2 amide bonds. The van der Waals surface area contributed by atoms with Crippen molar-refractivity contribution in [1.82, 2.24) is 4.90 Å². The van der Waals surface area contributed by atoms with E-state index in [-0.39, 0.29) is 17.9 Å². The minimum atomic E-state index is 0.00433. The van der Waals surface area contributed by atoms with Crippen LogP contribution in [0.1, 0.15) is 56.9 Å². The zero-order valence-corrected chi connectivity index (χ0v) is 15.3. The molecule has 0 spiro atoms. The first-order valence-corrected chi connectivity index (χ1v) is 9.73. The molecule has 0 aromatic heterocycles. The lowest BCUT2D eigenvalue weighted by Crippen LogP contribution is -2.63. The van der Waals surface area contributed by atoms with Crippen molar-refractivity contribution in [3.05, 3.63) is 28.8 Å². The summed E-state index contributed by atoms with van der Waals surface area (Å²) in [7, 11) is 0. The molecule has 2 aliphatic carbocycles. The summed E-state index contributed by atoms with van der Waals surface area (Å²) in [6, 6.07) is 8.90. The Hall–Kier alpha value is -1.73. The molecule has 5 heteroatoms. The summed E-state index contributed by atoms with van der Waals surface area (Å²) in [6.07, 6.45) is 6.36. The summed E-state index contributed by atoms with van der Waals surface area (Å²) in [5.74, 6) is 0.929. The zero-order chi connectivity index (χ0) is 17.6. The fourth-order valence-corrected chi connectivity index (χ4v) is 5.32. The number of nitrogens with one attached hydrogen (secondary N) is 1. The average Bonchev–Trinajstić information content (AvgIpc) is 3.04. The highest BCUT2D eigenvalue weighted by molar-refractivity contribution is 6.31. The van der Waals surface area contributed by atoms with E-state index in [9.17, 15) is 10.1 Å². The van der Waals surface area contributed by atoms with Crippen molar-refractivity contribution in [3.8, 4) is 6.07 Å². The number of piperidine rings is 1. The van der Waals surface area contributed by atoms with Crippen LogP contribution in [0.5, 0.6) is 0 Å². The predicted octanol–water partition coefficient (Wildman–Crippen LogP) is 5.15. The maximum Gasteiger partial charge on any atom is 0.322 e. The number of halogens is 1. The molecule has 5 atom stereocenters. The minimum absolute atomic E-state index is 0.00433. The van der Waals surface area contributed by atoms with Crippen LogP contribution in [0.3, 0.4) is 0 Å². The standard InChI is InChI=1S/C20H24ClN3O/c1-12-7-15-10-16(8-12)24(15)20(25)23-14-5-6-19(21)18(9-14)17-4-2-3-13(17)11-22/h5-6,9,12-13,15-17H,2-4,7-8,10H2,1H3,(H,23,25)/t12?,13-,15+,16?,17-/m0/s1. The molecule has 4 nitrogen and oxygen atoms in total. The highest BCUT2D eigenvalue weighted by Crippen LogP contribution is 2.43. The first-order valence-electron chi connectivity index (χ1n) is 9.35. The van der Waals surface area contributed by atoms with Gasteiger partial charge in [0.25, 0.3) is 0 Å². The van der Waals surface area contributed by atoms with Crippen LogP contribution in [0.15, 0.2) is 18.2 Å². The normalized spacial score (nSPS) is 33.5. The van der Waals surface area contributed by atoms with Crippen LogP contribution in [-0.4, -0.2) is 23.0 Å². The van der Waals surface area contributed by atoms with Crippen molar-refractivity contribution in [3.63, 3.8) is 0 Å². The minimum Gasteiger partial charge on any atom is -0.318 e. The highest BCUT2D eigenvalue weighted by atomic mass is 35.5. The van der Waals surface area contributed by atoms with E-state index in [1.165, 1.54) is 0 Å². The number of nitrogens with zero attached hydrogens (tertiary/aromatic N) is 2. The number of rotatable bonds is 2. The SMILES string of the molecule is CC1CC2C[C@@H](C1)N2C(=O)Nc1ccc(Cl)c([C@H]2CCC[C@H]2C#N)c1. The van der Waals surface area contributed by atoms with Crippen molar-refractivity contribution in [2.24, 2.45) is 11.8 Å². The third-order valence-corrected chi connectivity index (χ3v) is 6.59. The zero-order valence-electron chi connectivity index (χ0n) is 14.5. The fraction of sp³-hybridized carbons (Fsp3) is 0.600. The fourth-order valence-electron chi connectivity index (χ4n) is 5.06. The van der Waals surface area contributed by atoms with Crippen molar-refractivity contribution in [2.45, 2.75) is 63.5 Å². The Morgan fingerprint density at radius 3 is 2.76 bits per heavy atom. The van der Waals surface area contributed by atoms with Gasteiger partial charge in [0.05, 0.1) is 12.0 Å². The summed E-state index contributed by atoms with van der Waals surface area (Å²) >= 11 is 6.40. The highest BCUT2D eigenvalue weighted by Gasteiger charge is 2.46. The smallest absolute Gasteiger partial charge is 0.318 e. The van der Waals surface area contributed by atoms with Gasteiger partial charge in [-0.25, -0.2) is 4.79 Å². The number of carbonyl (C=O) groups is 1. The van der Waals surface area contributed by atoms with Gasteiger partial charge >= 0.3 is 6.03 Å². The molecule has 2 saturated heterocycles. The van der Waals surface area contributed by atoms with E-state index >= 15 is 0 Å². The summed E-state index contributed by atoms with van der Waals surface area (Å²) in [5.41, 5.74) is 1.78. The Bertz CT molecular complexity index is 716. The predicted molar refractivity (Wildman–Crippen MR) is 98.6 cm³/mol. The number of hydrogen-bond donors (Lipinski definition) is 1. The van der Waals surface area contributed by atoms with Crippen LogP contribution >= 0.6 is 11.6 Å². The summed E-state index contributed by atoms with van der Waals surface area (Å²) in [4.78, 5) is 14.7. The van der Waals surface area contributed by atoms with Crippen LogP contribution < -0.4 is 5.32 Å². The number of nitriles is 1. The number of carbonyl (C=O) groups excluding carboxylic acids is 1. The molecule has 2 saturated carbocycles. The first-order chi connectivity index (χ1) is 12.1. The maximum absolute atomic E-state index is 12.7. The van der Waals surface area contributed by atoms with Crippen LogP contribution in [0.25, 0.3) is 0 Å². The van der Waals surface area contributed by atoms with Gasteiger partial charge in [0.2, 0.25) is 0 Å². The van der Waals surface area contributed by atoms with Crippen molar-refractivity contribution >= 4 is 23.3 Å². The molecule has 1 aromatic carbocycles. The Morgan fingerprint density at radius 1 is 1.28 bits per heavy atom. The van der Waals surface area contributed by atoms with Crippen LogP contribution in [-0.2, 0) is 0 Å². The van der Waals surface area contributed by atoms with Gasteiger partial charge in [-0.2, -0.15) is 5.26 Å². The Kier molecular flexibility index (Phi) is 4.37. The molecule has 2 heterocycles. The number of anilines is 1. The van der Waals surface area contributed by atoms with Crippen molar-refractivity contribution in [1.29, 1.82) is 5.26 Å². The number of amides is 2. The maximum atomic E-state index is 12.7. The van der Waals surface area contributed by atoms with E-state index in [0.29, 0.717) is 17.1 Å². The van der Waals surface area contributed by atoms with E-state index in [0.717, 1.165) is 55.7 Å². The van der Waals surface area contributed by atoms with E-state index in [1.807, 2.05) is 23.1 Å².